The molecule has 0 bridgehead atoms. The van der Waals surface area contributed by atoms with Gasteiger partial charge in [0.05, 0.1) is 0 Å². The Kier molecular flexibility index (Phi) is 5.54. The molecule has 0 fully saturated rings. The van der Waals surface area contributed by atoms with Gasteiger partial charge >= 0.3 is 0 Å². The number of rotatable bonds is 2. The molecule has 0 aliphatic carbocycles. The van der Waals surface area contributed by atoms with E-state index in [1.54, 1.807) is 0 Å². The van der Waals surface area contributed by atoms with Crippen LogP contribution in [0.2, 0.25) is 0 Å². The van der Waals surface area contributed by atoms with E-state index < -0.39 is 0 Å². The van der Waals surface area contributed by atoms with Crippen LogP contribution in [0.25, 0.3) is 0 Å². The summed E-state index contributed by atoms with van der Waals surface area (Å²) in [6.45, 7) is 4.62. The second-order valence-corrected chi connectivity index (χ2v) is 5.20. The van der Waals surface area contributed by atoms with Gasteiger partial charge in [-0.3, -0.25) is 0 Å². The van der Waals surface area contributed by atoms with Crippen LogP contribution in [-0.4, -0.2) is 13.3 Å². The van der Waals surface area contributed by atoms with Crippen molar-refractivity contribution in [3.05, 3.63) is 35.9 Å². The predicted molar refractivity (Wildman–Crippen MR) is 56.2 cm³/mol. The number of hydrogen-bond donors (Lipinski definition) is 0. The Balaban J connectivity index is 0.000001000. The monoisotopic (exact) mass is 188 g/mol. The highest BCUT2D eigenvalue weighted by Crippen LogP contribution is 2.29. The van der Waals surface area contributed by atoms with Crippen LogP contribution >= 0.6 is 20.3 Å². The topological polar surface area (TPSA) is 0 Å². The van der Waals surface area contributed by atoms with Crippen molar-refractivity contribution in [2.45, 2.75) is 6.16 Å². The van der Waals surface area contributed by atoms with Gasteiger partial charge in [-0.25, -0.2) is 0 Å². The van der Waals surface area contributed by atoms with Crippen molar-refractivity contribution in [1.29, 1.82) is 0 Å². The lowest BCUT2D eigenvalue weighted by Crippen LogP contribution is -1.79. The van der Waals surface area contributed by atoms with Gasteiger partial charge in [0.1, 0.15) is 0 Å². The van der Waals surface area contributed by atoms with Crippen LogP contribution in [0.5, 0.6) is 0 Å². The quantitative estimate of drug-likeness (QED) is 0.625. The van der Waals surface area contributed by atoms with E-state index >= 15 is 0 Å². The van der Waals surface area contributed by atoms with Gasteiger partial charge in [0.25, 0.3) is 0 Å². The summed E-state index contributed by atoms with van der Waals surface area (Å²) in [7, 11) is 0.223. The Morgan fingerprint density at radius 1 is 1.09 bits per heavy atom. The predicted octanol–water partition coefficient (Wildman–Crippen LogP) is 3.35. The average Bonchev–Trinajstić information content (AvgIpc) is 1.88. The minimum Gasteiger partial charge on any atom is -0.147 e. The Hall–Kier alpha value is -0.0600. The molecule has 0 spiro atoms. The lowest BCUT2D eigenvalue weighted by atomic mass is 10.2. The van der Waals surface area contributed by atoms with Crippen LogP contribution in [0.4, 0.5) is 0 Å². The molecule has 11 heavy (non-hydrogen) atoms. The summed E-state index contributed by atoms with van der Waals surface area (Å²) in [5, 5.41) is 0. The maximum atomic E-state index is 2.31. The van der Waals surface area contributed by atoms with E-state index in [4.69, 9.17) is 0 Å². The van der Waals surface area contributed by atoms with Crippen LogP contribution in [0.3, 0.4) is 0 Å². The van der Waals surface area contributed by atoms with E-state index in [2.05, 4.69) is 43.7 Å². The summed E-state index contributed by atoms with van der Waals surface area (Å²) in [6.07, 6.45) is 1.26. The molecular weight excluding hydrogens is 175 g/mol. The fourth-order valence-corrected chi connectivity index (χ4v) is 1.89. The second kappa shape index (κ2) is 5.57. The van der Waals surface area contributed by atoms with E-state index in [1.807, 2.05) is 0 Å². The van der Waals surface area contributed by atoms with E-state index in [0.717, 1.165) is 0 Å². The van der Waals surface area contributed by atoms with Crippen molar-refractivity contribution in [2.24, 2.45) is 0 Å². The van der Waals surface area contributed by atoms with Crippen LogP contribution in [0.15, 0.2) is 30.3 Å². The molecule has 0 atom stereocenters. The van der Waals surface area contributed by atoms with Gasteiger partial charge in [0.2, 0.25) is 0 Å². The van der Waals surface area contributed by atoms with Crippen LogP contribution in [-0.2, 0) is 6.16 Å². The smallest absolute Gasteiger partial charge is 0.00780 e. The third-order valence-electron chi connectivity index (χ3n) is 1.34. The Morgan fingerprint density at radius 3 is 2.09 bits per heavy atom. The highest BCUT2D eigenvalue weighted by molar-refractivity contribution is 7.55. The van der Waals surface area contributed by atoms with E-state index in [-0.39, 0.29) is 20.3 Å². The normalized spacial score (nSPS) is 9.36. The molecule has 1 aromatic carbocycles. The third kappa shape index (κ3) is 4.40. The Bertz CT molecular complexity index is 184. The molecule has 0 saturated carbocycles. The SMILES string of the molecule is CP(C)Cc1ccccc1.Cl. The van der Waals surface area contributed by atoms with Crippen LogP contribution in [0, 0.1) is 0 Å². The number of halogens is 1. The average molecular weight is 189 g/mol. The lowest BCUT2D eigenvalue weighted by molar-refractivity contribution is 1.40. The highest BCUT2D eigenvalue weighted by Gasteiger charge is 1.93. The van der Waals surface area contributed by atoms with Crippen molar-refractivity contribution < 1.29 is 0 Å². The zero-order valence-corrected chi connectivity index (χ0v) is 8.66. The lowest BCUT2D eigenvalue weighted by Gasteiger charge is -2.03. The Morgan fingerprint density at radius 2 is 1.64 bits per heavy atom. The molecule has 0 aromatic heterocycles. The number of hydrogen-bond acceptors (Lipinski definition) is 0. The van der Waals surface area contributed by atoms with E-state index in [1.165, 1.54) is 11.7 Å². The first-order valence-electron chi connectivity index (χ1n) is 3.47. The first-order chi connectivity index (χ1) is 4.79. The van der Waals surface area contributed by atoms with Gasteiger partial charge in [0, 0.05) is 0 Å². The third-order valence-corrected chi connectivity index (χ3v) is 2.34. The maximum Gasteiger partial charge on any atom is -0.00780 e. The maximum absolute atomic E-state index is 2.31. The van der Waals surface area contributed by atoms with Crippen molar-refractivity contribution in [3.63, 3.8) is 0 Å². The van der Waals surface area contributed by atoms with Crippen molar-refractivity contribution in [3.8, 4) is 0 Å². The summed E-state index contributed by atoms with van der Waals surface area (Å²) in [6, 6.07) is 10.7. The molecule has 62 valence electrons. The summed E-state index contributed by atoms with van der Waals surface area (Å²) >= 11 is 0. The molecule has 1 rings (SSSR count). The van der Waals surface area contributed by atoms with Gasteiger partial charge in [0.15, 0.2) is 0 Å². The molecule has 2 heteroatoms. The molecule has 0 heterocycles. The molecule has 0 unspecified atom stereocenters. The largest absolute Gasteiger partial charge is 0.147 e. The van der Waals surface area contributed by atoms with Crippen molar-refractivity contribution in [1.82, 2.24) is 0 Å². The Labute approximate surface area is 76.2 Å². The summed E-state index contributed by atoms with van der Waals surface area (Å²) in [4.78, 5) is 0. The summed E-state index contributed by atoms with van der Waals surface area (Å²) in [5.41, 5.74) is 1.47. The summed E-state index contributed by atoms with van der Waals surface area (Å²) < 4.78 is 0. The molecule has 0 saturated heterocycles. The molecule has 1 aromatic rings. The van der Waals surface area contributed by atoms with Crippen LogP contribution < -0.4 is 0 Å². The fraction of sp³-hybridized carbons (Fsp3) is 0.333. The highest BCUT2D eigenvalue weighted by atomic mass is 35.5. The molecule has 0 aliphatic heterocycles. The zero-order valence-electron chi connectivity index (χ0n) is 6.95. The first-order valence-corrected chi connectivity index (χ1v) is 5.90. The van der Waals surface area contributed by atoms with Crippen molar-refractivity contribution >= 4 is 20.3 Å². The number of benzene rings is 1. The fourth-order valence-electron chi connectivity index (χ4n) is 0.949. The van der Waals surface area contributed by atoms with Gasteiger partial charge < -0.3 is 0 Å². The standard InChI is InChI=1S/C9H13P.ClH/c1-10(2)8-9-6-4-3-5-7-9;/h3-7H,8H2,1-2H3;1H. The zero-order chi connectivity index (χ0) is 7.40. The van der Waals surface area contributed by atoms with Gasteiger partial charge in [-0.15, -0.1) is 20.3 Å². The van der Waals surface area contributed by atoms with Crippen LogP contribution in [0.1, 0.15) is 5.56 Å². The molecular formula is C9H14ClP. The molecule has 0 N–H and O–H groups in total. The minimum absolute atomic E-state index is 0. The minimum atomic E-state index is 0. The van der Waals surface area contributed by atoms with Gasteiger partial charge in [-0.05, 0) is 25.1 Å². The molecule has 0 radical (unpaired) electrons. The van der Waals surface area contributed by atoms with Gasteiger partial charge in [-0.1, -0.05) is 30.3 Å². The van der Waals surface area contributed by atoms with Gasteiger partial charge in [-0.2, -0.15) is 0 Å². The van der Waals surface area contributed by atoms with E-state index in [9.17, 15) is 0 Å². The molecule has 0 nitrogen and oxygen atoms in total. The second-order valence-electron chi connectivity index (χ2n) is 2.72. The van der Waals surface area contributed by atoms with Crippen molar-refractivity contribution in [2.75, 3.05) is 13.3 Å². The summed E-state index contributed by atoms with van der Waals surface area (Å²) in [5.74, 6) is 0. The van der Waals surface area contributed by atoms with E-state index in [0.29, 0.717) is 0 Å². The molecule has 0 amide bonds. The molecule has 0 aliphatic rings. The first kappa shape index (κ1) is 10.9.